The molecule has 1 aromatic carbocycles. The van der Waals surface area contributed by atoms with E-state index in [0.717, 1.165) is 50.6 Å². The number of nitrogens with zero attached hydrogens (tertiary/aromatic N) is 1. The van der Waals surface area contributed by atoms with Crippen molar-refractivity contribution in [2.75, 3.05) is 39.4 Å². The number of carbonyl (C=O) groups is 2. The molecule has 6 heteroatoms. The maximum Gasteiger partial charge on any atom is 0.316 e. The van der Waals surface area contributed by atoms with Crippen LogP contribution < -0.4 is 5.32 Å². The van der Waals surface area contributed by atoms with E-state index < -0.39 is 5.41 Å². The van der Waals surface area contributed by atoms with Crippen molar-refractivity contribution in [2.45, 2.75) is 62.9 Å². The normalized spacial score (nSPS) is 26.7. The van der Waals surface area contributed by atoms with Crippen molar-refractivity contribution in [3.63, 3.8) is 0 Å². The molecule has 3 aliphatic rings. The van der Waals surface area contributed by atoms with E-state index in [1.165, 1.54) is 12.8 Å². The minimum absolute atomic E-state index is 0.0476. The highest BCUT2D eigenvalue weighted by Gasteiger charge is 2.47. The summed E-state index contributed by atoms with van der Waals surface area (Å²) < 4.78 is 11.6. The first-order valence-corrected chi connectivity index (χ1v) is 13.1. The lowest BCUT2D eigenvalue weighted by Gasteiger charge is -2.44. The Kier molecular flexibility index (Phi) is 8.79. The van der Waals surface area contributed by atoms with Crippen LogP contribution in [0, 0.1) is 11.8 Å². The third-order valence-electron chi connectivity index (χ3n) is 8.06. The lowest BCUT2D eigenvalue weighted by molar-refractivity contribution is -0.169. The summed E-state index contributed by atoms with van der Waals surface area (Å²) in [5, 5.41) is 3.30. The molecule has 1 aromatic rings. The molecule has 4 rings (SSSR count). The van der Waals surface area contributed by atoms with Gasteiger partial charge in [-0.1, -0.05) is 62.1 Å². The number of morpholine rings is 1. The highest BCUT2D eigenvalue weighted by atomic mass is 16.5. The molecule has 3 atom stereocenters. The number of rotatable bonds is 9. The molecule has 186 valence electrons. The van der Waals surface area contributed by atoms with Gasteiger partial charge in [0.15, 0.2) is 0 Å². The van der Waals surface area contributed by atoms with E-state index in [9.17, 15) is 9.59 Å². The minimum Gasteiger partial charge on any atom is -0.461 e. The Morgan fingerprint density at radius 1 is 1.12 bits per heavy atom. The van der Waals surface area contributed by atoms with Crippen molar-refractivity contribution >= 4 is 11.9 Å². The second kappa shape index (κ2) is 12.0. The Morgan fingerprint density at radius 3 is 2.50 bits per heavy atom. The monoisotopic (exact) mass is 468 g/mol. The van der Waals surface area contributed by atoms with Gasteiger partial charge in [-0.05, 0) is 43.7 Å². The third kappa shape index (κ3) is 5.72. The topological polar surface area (TPSA) is 67.9 Å². The zero-order chi connectivity index (χ0) is 23.8. The Balaban J connectivity index is 1.32. The van der Waals surface area contributed by atoms with Crippen LogP contribution in [0.4, 0.5) is 0 Å². The molecule has 6 nitrogen and oxygen atoms in total. The van der Waals surface area contributed by atoms with Gasteiger partial charge < -0.3 is 19.7 Å². The second-order valence-electron chi connectivity index (χ2n) is 10.1. The van der Waals surface area contributed by atoms with Gasteiger partial charge in [0.25, 0.3) is 0 Å². The lowest BCUT2D eigenvalue weighted by atomic mass is 9.68. The van der Waals surface area contributed by atoms with Crippen LogP contribution in [0.1, 0.15) is 56.9 Å². The van der Waals surface area contributed by atoms with Gasteiger partial charge in [0.2, 0.25) is 5.91 Å². The summed E-state index contributed by atoms with van der Waals surface area (Å²) in [6.45, 7) is 7.63. The summed E-state index contributed by atoms with van der Waals surface area (Å²) in [5.74, 6) is 0.689. The fraction of sp³-hybridized carbons (Fsp3) is 0.643. The highest BCUT2D eigenvalue weighted by Crippen LogP contribution is 2.44. The Bertz CT molecular complexity index is 813. The van der Waals surface area contributed by atoms with Gasteiger partial charge in [0.1, 0.15) is 6.10 Å². The summed E-state index contributed by atoms with van der Waals surface area (Å²) >= 11 is 0. The molecule has 0 bridgehead atoms. The highest BCUT2D eigenvalue weighted by molar-refractivity contribution is 5.83. The van der Waals surface area contributed by atoms with Crippen LogP contribution in [0.5, 0.6) is 0 Å². The standard InChI is InChI=1S/C28H40N2O4/c1-2-22-20-25(24(22)12-15-29-21-26(31)30-16-18-33-19-17-30)34-27(32)28(13-8-3-4-9-14-28)23-10-6-5-7-11-23/h2,5-7,10-11,22,24-25,29H,1,3-4,8-9,12-21H2/t22?,24?,25-/m0/s1. The van der Waals surface area contributed by atoms with Gasteiger partial charge in [-0.2, -0.15) is 0 Å². The van der Waals surface area contributed by atoms with E-state index in [0.29, 0.717) is 38.8 Å². The number of ether oxygens (including phenoxy) is 2. The SMILES string of the molecule is C=CC1C[C@H](OC(=O)C2(c3ccccc3)CCCCCC2)C1CCNCC(=O)N1CCOCC1. The molecule has 2 aliphatic carbocycles. The number of benzene rings is 1. The summed E-state index contributed by atoms with van der Waals surface area (Å²) in [7, 11) is 0. The first-order valence-electron chi connectivity index (χ1n) is 13.1. The molecule has 0 spiro atoms. The quantitative estimate of drug-likeness (QED) is 0.258. The summed E-state index contributed by atoms with van der Waals surface area (Å²) in [6.07, 6.45) is 9.85. The number of esters is 1. The molecule has 1 aliphatic heterocycles. The van der Waals surface area contributed by atoms with Crippen LogP contribution in [-0.4, -0.2) is 62.3 Å². The molecule has 2 unspecified atom stereocenters. The molecule has 0 radical (unpaired) electrons. The van der Waals surface area contributed by atoms with Crippen LogP contribution >= 0.6 is 0 Å². The fourth-order valence-corrected chi connectivity index (χ4v) is 5.84. The summed E-state index contributed by atoms with van der Waals surface area (Å²) in [5.41, 5.74) is 0.575. The van der Waals surface area contributed by atoms with E-state index in [1.54, 1.807) is 0 Å². The molecular formula is C28H40N2O4. The molecule has 2 saturated carbocycles. The molecule has 1 saturated heterocycles. The van der Waals surface area contributed by atoms with Crippen LogP contribution in [-0.2, 0) is 24.5 Å². The van der Waals surface area contributed by atoms with Gasteiger partial charge >= 0.3 is 5.97 Å². The van der Waals surface area contributed by atoms with Gasteiger partial charge in [-0.15, -0.1) is 6.58 Å². The Morgan fingerprint density at radius 2 is 1.82 bits per heavy atom. The number of carbonyl (C=O) groups excluding carboxylic acids is 2. The smallest absolute Gasteiger partial charge is 0.316 e. The van der Waals surface area contributed by atoms with Crippen molar-refractivity contribution in [3.8, 4) is 0 Å². The number of amides is 1. The van der Waals surface area contributed by atoms with Crippen LogP contribution in [0.15, 0.2) is 43.0 Å². The predicted molar refractivity (Wildman–Crippen MR) is 132 cm³/mol. The van der Waals surface area contributed by atoms with Gasteiger partial charge in [-0.3, -0.25) is 9.59 Å². The fourth-order valence-electron chi connectivity index (χ4n) is 5.84. The predicted octanol–water partition coefficient (Wildman–Crippen LogP) is 3.85. The van der Waals surface area contributed by atoms with E-state index in [1.807, 2.05) is 29.2 Å². The number of allylic oxidation sites excluding steroid dienone is 1. The van der Waals surface area contributed by atoms with Crippen molar-refractivity contribution < 1.29 is 19.1 Å². The van der Waals surface area contributed by atoms with Gasteiger partial charge in [-0.25, -0.2) is 0 Å². The van der Waals surface area contributed by atoms with E-state index >= 15 is 0 Å². The van der Waals surface area contributed by atoms with Crippen LogP contribution in [0.3, 0.4) is 0 Å². The maximum atomic E-state index is 13.7. The molecule has 1 amide bonds. The number of nitrogens with one attached hydrogen (secondary N) is 1. The van der Waals surface area contributed by atoms with Crippen LogP contribution in [0.25, 0.3) is 0 Å². The van der Waals surface area contributed by atoms with E-state index in [2.05, 4.69) is 24.0 Å². The van der Waals surface area contributed by atoms with Crippen molar-refractivity contribution in [1.82, 2.24) is 10.2 Å². The van der Waals surface area contributed by atoms with Gasteiger partial charge in [0, 0.05) is 19.0 Å². The second-order valence-corrected chi connectivity index (χ2v) is 10.1. The Hall–Kier alpha value is -2.18. The summed E-state index contributed by atoms with van der Waals surface area (Å²) in [4.78, 5) is 27.9. The van der Waals surface area contributed by atoms with Crippen LogP contribution in [0.2, 0.25) is 0 Å². The zero-order valence-electron chi connectivity index (χ0n) is 20.4. The average Bonchev–Trinajstić information content (AvgIpc) is 3.14. The molecular weight excluding hydrogens is 428 g/mol. The minimum atomic E-state index is -0.523. The Labute approximate surface area is 204 Å². The van der Waals surface area contributed by atoms with Gasteiger partial charge in [0.05, 0.1) is 25.2 Å². The summed E-state index contributed by atoms with van der Waals surface area (Å²) in [6, 6.07) is 10.2. The first-order chi connectivity index (χ1) is 16.6. The number of hydrogen-bond acceptors (Lipinski definition) is 5. The maximum absolute atomic E-state index is 13.7. The van der Waals surface area contributed by atoms with E-state index in [4.69, 9.17) is 9.47 Å². The molecule has 3 fully saturated rings. The van der Waals surface area contributed by atoms with Crippen molar-refractivity contribution in [1.29, 1.82) is 0 Å². The van der Waals surface area contributed by atoms with Crippen molar-refractivity contribution in [2.24, 2.45) is 11.8 Å². The largest absolute Gasteiger partial charge is 0.461 e. The molecule has 0 aromatic heterocycles. The first kappa shape index (κ1) is 24.9. The number of hydrogen-bond donors (Lipinski definition) is 1. The molecule has 34 heavy (non-hydrogen) atoms. The van der Waals surface area contributed by atoms with Crippen molar-refractivity contribution in [3.05, 3.63) is 48.6 Å². The molecule has 1 heterocycles. The molecule has 1 N–H and O–H groups in total. The average molecular weight is 469 g/mol. The zero-order valence-corrected chi connectivity index (χ0v) is 20.4. The lowest BCUT2D eigenvalue weighted by Crippen LogP contribution is -2.49. The van der Waals surface area contributed by atoms with E-state index in [-0.39, 0.29) is 23.9 Å². The third-order valence-corrected chi connectivity index (χ3v) is 8.06.